The van der Waals surface area contributed by atoms with Crippen LogP contribution in [0.5, 0.6) is 0 Å². The van der Waals surface area contributed by atoms with Gasteiger partial charge in [0.25, 0.3) is 5.91 Å². The summed E-state index contributed by atoms with van der Waals surface area (Å²) in [5.41, 5.74) is 0.858. The molecule has 1 aliphatic rings. The summed E-state index contributed by atoms with van der Waals surface area (Å²) in [7, 11) is 0. The minimum absolute atomic E-state index is 0.340. The molecule has 0 unspecified atom stereocenters. The SMILES string of the molecule is O=[C]CN(C(=O)C=Cc1ccccc1)C(=O)N1CCCCC1. The number of imide groups is 1. The fourth-order valence-corrected chi connectivity index (χ4v) is 2.38. The molecule has 0 spiro atoms. The monoisotopic (exact) mass is 299 g/mol. The van der Waals surface area contributed by atoms with Crippen molar-refractivity contribution in [2.45, 2.75) is 19.3 Å². The molecule has 1 aliphatic heterocycles. The number of urea groups is 1. The number of benzene rings is 1. The summed E-state index contributed by atoms with van der Waals surface area (Å²) < 4.78 is 0. The molecule has 1 heterocycles. The summed E-state index contributed by atoms with van der Waals surface area (Å²) in [5.74, 6) is -0.497. The Morgan fingerprint density at radius 2 is 1.82 bits per heavy atom. The van der Waals surface area contributed by atoms with Gasteiger partial charge < -0.3 is 4.90 Å². The van der Waals surface area contributed by atoms with Gasteiger partial charge in [-0.25, -0.2) is 4.79 Å². The number of nitrogens with zero attached hydrogens (tertiary/aromatic N) is 2. The predicted molar refractivity (Wildman–Crippen MR) is 83.7 cm³/mol. The Hall–Kier alpha value is -2.43. The maximum atomic E-state index is 12.4. The van der Waals surface area contributed by atoms with E-state index < -0.39 is 11.9 Å². The molecule has 0 aliphatic carbocycles. The summed E-state index contributed by atoms with van der Waals surface area (Å²) in [6, 6.07) is 8.90. The second-order valence-corrected chi connectivity index (χ2v) is 5.14. The van der Waals surface area contributed by atoms with E-state index in [0.29, 0.717) is 13.1 Å². The zero-order valence-electron chi connectivity index (χ0n) is 12.4. The lowest BCUT2D eigenvalue weighted by Gasteiger charge is -2.30. The van der Waals surface area contributed by atoms with Gasteiger partial charge in [-0.2, -0.15) is 0 Å². The number of likely N-dealkylation sites (tertiary alicyclic amines) is 1. The molecule has 115 valence electrons. The Labute approximate surface area is 130 Å². The molecule has 3 amide bonds. The Morgan fingerprint density at radius 3 is 2.45 bits per heavy atom. The van der Waals surface area contributed by atoms with Crippen molar-refractivity contribution < 1.29 is 14.4 Å². The van der Waals surface area contributed by atoms with Crippen LogP contribution in [0.1, 0.15) is 24.8 Å². The van der Waals surface area contributed by atoms with Crippen LogP contribution in [0.25, 0.3) is 6.08 Å². The zero-order valence-corrected chi connectivity index (χ0v) is 12.4. The highest BCUT2D eigenvalue weighted by Crippen LogP contribution is 2.12. The van der Waals surface area contributed by atoms with E-state index in [0.717, 1.165) is 29.7 Å². The largest absolute Gasteiger partial charge is 0.327 e. The van der Waals surface area contributed by atoms with E-state index in [1.54, 1.807) is 17.3 Å². The summed E-state index contributed by atoms with van der Waals surface area (Å²) in [6.07, 6.45) is 7.53. The Kier molecular flexibility index (Phi) is 5.89. The smallest absolute Gasteiger partial charge is 0.324 e. The number of rotatable bonds is 4. The molecular formula is C17H19N2O3. The van der Waals surface area contributed by atoms with Crippen LogP contribution in [0.2, 0.25) is 0 Å². The second kappa shape index (κ2) is 8.12. The molecule has 0 atom stereocenters. The third-order valence-electron chi connectivity index (χ3n) is 3.56. The zero-order chi connectivity index (χ0) is 15.8. The van der Waals surface area contributed by atoms with E-state index in [-0.39, 0.29) is 6.54 Å². The fraction of sp³-hybridized carbons (Fsp3) is 0.353. The van der Waals surface area contributed by atoms with Gasteiger partial charge in [0.2, 0.25) is 6.29 Å². The number of hydrogen-bond donors (Lipinski definition) is 0. The predicted octanol–water partition coefficient (Wildman–Crippen LogP) is 2.24. The van der Waals surface area contributed by atoms with Crippen LogP contribution in [-0.2, 0) is 9.59 Å². The standard InChI is InChI=1S/C17H19N2O3/c20-14-13-19(17(22)18-11-5-2-6-12-18)16(21)10-9-15-7-3-1-4-8-15/h1,3-4,7-10H,2,5-6,11-13H2. The molecule has 1 aromatic carbocycles. The van der Waals surface area contributed by atoms with Crippen LogP contribution in [-0.4, -0.2) is 47.7 Å². The third kappa shape index (κ3) is 4.28. The van der Waals surface area contributed by atoms with E-state index in [9.17, 15) is 14.4 Å². The van der Waals surface area contributed by atoms with Crippen molar-refractivity contribution >= 4 is 24.3 Å². The first-order valence-corrected chi connectivity index (χ1v) is 7.41. The quantitative estimate of drug-likeness (QED) is 0.801. The molecule has 1 fully saturated rings. The second-order valence-electron chi connectivity index (χ2n) is 5.14. The molecule has 22 heavy (non-hydrogen) atoms. The summed E-state index contributed by atoms with van der Waals surface area (Å²) in [6.45, 7) is 0.918. The van der Waals surface area contributed by atoms with Crippen LogP contribution in [0, 0.1) is 0 Å². The van der Waals surface area contributed by atoms with Gasteiger partial charge in [-0.3, -0.25) is 14.5 Å². The van der Waals surface area contributed by atoms with Gasteiger partial charge in [-0.1, -0.05) is 30.3 Å². The first-order chi connectivity index (χ1) is 10.7. The van der Waals surface area contributed by atoms with Crippen LogP contribution < -0.4 is 0 Å². The number of carbonyl (C=O) groups is 2. The minimum Gasteiger partial charge on any atom is -0.324 e. The van der Waals surface area contributed by atoms with Gasteiger partial charge >= 0.3 is 6.03 Å². The van der Waals surface area contributed by atoms with E-state index in [1.807, 2.05) is 30.3 Å². The van der Waals surface area contributed by atoms with Gasteiger partial charge in [0.05, 0.1) is 6.54 Å². The topological polar surface area (TPSA) is 57.7 Å². The lowest BCUT2D eigenvalue weighted by atomic mass is 10.1. The van der Waals surface area contributed by atoms with Crippen molar-refractivity contribution in [1.82, 2.24) is 9.80 Å². The van der Waals surface area contributed by atoms with Gasteiger partial charge in [0, 0.05) is 19.2 Å². The molecule has 0 saturated carbocycles. The first kappa shape index (κ1) is 15.9. The Morgan fingerprint density at radius 1 is 1.14 bits per heavy atom. The van der Waals surface area contributed by atoms with Crippen molar-refractivity contribution in [1.29, 1.82) is 0 Å². The molecule has 1 saturated heterocycles. The van der Waals surface area contributed by atoms with Crippen LogP contribution in [0.15, 0.2) is 36.4 Å². The van der Waals surface area contributed by atoms with E-state index in [1.165, 1.54) is 6.08 Å². The molecular weight excluding hydrogens is 280 g/mol. The molecule has 0 bridgehead atoms. The summed E-state index contributed by atoms with van der Waals surface area (Å²) in [5, 5.41) is 0. The normalized spacial score (nSPS) is 14.8. The molecule has 0 aromatic heterocycles. The molecule has 0 N–H and O–H groups in total. The summed E-state index contributed by atoms with van der Waals surface area (Å²) in [4.78, 5) is 37.8. The van der Waals surface area contributed by atoms with Crippen molar-refractivity contribution in [3.05, 3.63) is 42.0 Å². The number of carbonyl (C=O) groups excluding carboxylic acids is 3. The lowest BCUT2D eigenvalue weighted by Crippen LogP contribution is -2.48. The minimum atomic E-state index is -0.497. The number of piperidine rings is 1. The average Bonchev–Trinajstić information content (AvgIpc) is 2.58. The van der Waals surface area contributed by atoms with Crippen LogP contribution in [0.3, 0.4) is 0 Å². The number of amides is 3. The van der Waals surface area contributed by atoms with Crippen LogP contribution in [0.4, 0.5) is 4.79 Å². The van der Waals surface area contributed by atoms with E-state index in [4.69, 9.17) is 0 Å². The molecule has 1 radical (unpaired) electrons. The van der Waals surface area contributed by atoms with Gasteiger partial charge in [0.1, 0.15) is 0 Å². The summed E-state index contributed by atoms with van der Waals surface area (Å²) >= 11 is 0. The van der Waals surface area contributed by atoms with Crippen molar-refractivity contribution in [2.75, 3.05) is 19.6 Å². The number of hydrogen-bond acceptors (Lipinski definition) is 3. The Bertz CT molecular complexity index is 548. The highest BCUT2D eigenvalue weighted by molar-refractivity contribution is 6.03. The highest BCUT2D eigenvalue weighted by Gasteiger charge is 2.26. The first-order valence-electron chi connectivity index (χ1n) is 7.41. The van der Waals surface area contributed by atoms with Gasteiger partial charge in [-0.05, 0) is 30.9 Å². The van der Waals surface area contributed by atoms with Gasteiger partial charge in [0.15, 0.2) is 0 Å². The molecule has 5 nitrogen and oxygen atoms in total. The third-order valence-corrected chi connectivity index (χ3v) is 3.56. The lowest BCUT2D eigenvalue weighted by molar-refractivity contribution is -0.123. The molecule has 2 rings (SSSR count). The highest BCUT2D eigenvalue weighted by atomic mass is 16.2. The Balaban J connectivity index is 2.05. The maximum Gasteiger partial charge on any atom is 0.327 e. The van der Waals surface area contributed by atoms with Crippen LogP contribution >= 0.6 is 0 Å². The molecule has 1 aromatic rings. The van der Waals surface area contributed by atoms with Gasteiger partial charge in [-0.15, -0.1) is 0 Å². The average molecular weight is 299 g/mol. The van der Waals surface area contributed by atoms with Crippen molar-refractivity contribution in [3.63, 3.8) is 0 Å². The van der Waals surface area contributed by atoms with Crippen molar-refractivity contribution in [2.24, 2.45) is 0 Å². The molecule has 5 heteroatoms. The van der Waals surface area contributed by atoms with E-state index >= 15 is 0 Å². The fourth-order valence-electron chi connectivity index (χ4n) is 2.38. The van der Waals surface area contributed by atoms with Crippen molar-refractivity contribution in [3.8, 4) is 0 Å². The van der Waals surface area contributed by atoms with E-state index in [2.05, 4.69) is 0 Å². The maximum absolute atomic E-state index is 12.4.